The van der Waals surface area contributed by atoms with Crippen molar-refractivity contribution in [3.63, 3.8) is 0 Å². The first kappa shape index (κ1) is 19.9. The number of hydrogen-bond acceptors (Lipinski definition) is 3. The Morgan fingerprint density at radius 2 is 2.24 bits per heavy atom. The SMILES string of the molecule is CN=C(NCc1cc(C#N)ccc1F)NC1C2CCOC2C1(C)C.I. The minimum absolute atomic E-state index is 0. The molecule has 1 aromatic carbocycles. The summed E-state index contributed by atoms with van der Waals surface area (Å²) in [6.45, 7) is 5.48. The lowest BCUT2D eigenvalue weighted by Gasteiger charge is -2.54. The van der Waals surface area contributed by atoms with Gasteiger partial charge in [0.1, 0.15) is 5.82 Å². The van der Waals surface area contributed by atoms with Gasteiger partial charge in [-0.2, -0.15) is 5.26 Å². The third-order valence-electron chi connectivity index (χ3n) is 5.24. The predicted octanol–water partition coefficient (Wildman–Crippen LogP) is 2.79. The molecule has 1 aliphatic carbocycles. The Morgan fingerprint density at radius 1 is 1.48 bits per heavy atom. The van der Waals surface area contributed by atoms with Crippen molar-refractivity contribution < 1.29 is 9.13 Å². The number of guanidine groups is 1. The first-order chi connectivity index (χ1) is 11.5. The largest absolute Gasteiger partial charge is 0.377 e. The summed E-state index contributed by atoms with van der Waals surface area (Å²) in [5.74, 6) is 0.808. The highest BCUT2D eigenvalue weighted by Crippen LogP contribution is 2.52. The molecule has 25 heavy (non-hydrogen) atoms. The fourth-order valence-corrected chi connectivity index (χ4v) is 3.92. The van der Waals surface area contributed by atoms with Gasteiger partial charge in [-0.1, -0.05) is 13.8 Å². The van der Waals surface area contributed by atoms with Crippen LogP contribution in [-0.2, 0) is 11.3 Å². The Morgan fingerprint density at radius 3 is 2.92 bits per heavy atom. The van der Waals surface area contributed by atoms with Gasteiger partial charge in [0.25, 0.3) is 0 Å². The highest BCUT2D eigenvalue weighted by Gasteiger charge is 2.59. The molecule has 1 saturated heterocycles. The molecule has 2 N–H and O–H groups in total. The van der Waals surface area contributed by atoms with Crippen LogP contribution in [0.2, 0.25) is 0 Å². The molecule has 3 rings (SSSR count). The Kier molecular flexibility index (Phi) is 6.27. The van der Waals surface area contributed by atoms with E-state index < -0.39 is 0 Å². The van der Waals surface area contributed by atoms with Crippen molar-refractivity contribution in [3.8, 4) is 6.07 Å². The van der Waals surface area contributed by atoms with Gasteiger partial charge >= 0.3 is 0 Å². The fourth-order valence-electron chi connectivity index (χ4n) is 3.92. The summed E-state index contributed by atoms with van der Waals surface area (Å²) in [6, 6.07) is 6.67. The number of aliphatic imine (C=N–C) groups is 1. The van der Waals surface area contributed by atoms with Gasteiger partial charge in [-0.15, -0.1) is 24.0 Å². The van der Waals surface area contributed by atoms with Gasteiger partial charge in [0.05, 0.1) is 17.7 Å². The fraction of sp³-hybridized carbons (Fsp3) is 0.556. The molecule has 1 heterocycles. The number of hydrogen-bond donors (Lipinski definition) is 2. The van der Waals surface area contributed by atoms with Gasteiger partial charge in [0.15, 0.2) is 5.96 Å². The molecule has 5 nitrogen and oxygen atoms in total. The number of halogens is 2. The van der Waals surface area contributed by atoms with Crippen LogP contribution in [0.25, 0.3) is 0 Å². The van der Waals surface area contributed by atoms with Crippen LogP contribution in [0.5, 0.6) is 0 Å². The van der Waals surface area contributed by atoms with E-state index >= 15 is 0 Å². The summed E-state index contributed by atoms with van der Waals surface area (Å²) in [5.41, 5.74) is 0.944. The van der Waals surface area contributed by atoms with E-state index in [4.69, 9.17) is 10.00 Å². The van der Waals surface area contributed by atoms with E-state index in [1.54, 1.807) is 13.1 Å². The number of benzene rings is 1. The number of nitrogens with one attached hydrogen (secondary N) is 2. The first-order valence-corrected chi connectivity index (χ1v) is 8.24. The average Bonchev–Trinajstić information content (AvgIpc) is 3.03. The van der Waals surface area contributed by atoms with E-state index in [2.05, 4.69) is 29.5 Å². The molecule has 7 heteroatoms. The highest BCUT2D eigenvalue weighted by molar-refractivity contribution is 14.0. The zero-order valence-electron chi connectivity index (χ0n) is 14.7. The number of rotatable bonds is 3. The van der Waals surface area contributed by atoms with E-state index in [0.29, 0.717) is 29.1 Å². The van der Waals surface area contributed by atoms with Crippen molar-refractivity contribution in [1.82, 2.24) is 10.6 Å². The van der Waals surface area contributed by atoms with Crippen molar-refractivity contribution in [2.45, 2.75) is 39.0 Å². The minimum atomic E-state index is -0.329. The van der Waals surface area contributed by atoms with Crippen molar-refractivity contribution in [2.24, 2.45) is 16.3 Å². The average molecular weight is 458 g/mol. The third-order valence-corrected chi connectivity index (χ3v) is 5.24. The monoisotopic (exact) mass is 458 g/mol. The molecule has 0 amide bonds. The number of fused-ring (bicyclic) bond motifs is 1. The summed E-state index contributed by atoms with van der Waals surface area (Å²) in [7, 11) is 1.70. The van der Waals surface area contributed by atoms with Crippen LogP contribution in [0.1, 0.15) is 31.4 Å². The molecule has 0 radical (unpaired) electrons. The third kappa shape index (κ3) is 3.75. The number of nitriles is 1. The van der Waals surface area contributed by atoms with Gasteiger partial charge in [-0.25, -0.2) is 4.39 Å². The maximum atomic E-state index is 13.9. The van der Waals surface area contributed by atoms with Crippen LogP contribution >= 0.6 is 24.0 Å². The van der Waals surface area contributed by atoms with Gasteiger partial charge in [0, 0.05) is 43.1 Å². The Balaban J connectivity index is 0.00000225. The standard InChI is InChI=1S/C18H23FN4O.HI/c1-18(2)15(13-6-7-24-16(13)18)23-17(21-3)22-10-12-8-11(9-20)4-5-14(12)19;/h4-5,8,13,15-16H,6-7,10H2,1-3H3,(H2,21,22,23);1H. The molecule has 0 spiro atoms. The second kappa shape index (κ2) is 7.87. The maximum absolute atomic E-state index is 13.9. The molecule has 1 aromatic rings. The number of nitrogens with zero attached hydrogens (tertiary/aromatic N) is 2. The van der Waals surface area contributed by atoms with Crippen LogP contribution < -0.4 is 10.6 Å². The normalized spacial score (nSPS) is 26.7. The van der Waals surface area contributed by atoms with Crippen molar-refractivity contribution in [3.05, 3.63) is 35.1 Å². The molecule has 1 saturated carbocycles. The molecule has 0 bridgehead atoms. The van der Waals surface area contributed by atoms with Crippen LogP contribution in [0.3, 0.4) is 0 Å². The topological polar surface area (TPSA) is 69.4 Å². The molecule has 3 atom stereocenters. The lowest BCUT2D eigenvalue weighted by molar-refractivity contribution is -0.106. The predicted molar refractivity (Wildman–Crippen MR) is 105 cm³/mol. The Hall–Kier alpha value is -1.40. The van der Waals surface area contributed by atoms with E-state index in [9.17, 15) is 4.39 Å². The van der Waals surface area contributed by atoms with Crippen LogP contribution in [0.15, 0.2) is 23.2 Å². The summed E-state index contributed by atoms with van der Waals surface area (Å²) in [4.78, 5) is 4.24. The zero-order chi connectivity index (χ0) is 17.3. The van der Waals surface area contributed by atoms with Gasteiger partial charge in [0.2, 0.25) is 0 Å². The Labute approximate surface area is 165 Å². The quantitative estimate of drug-likeness (QED) is 0.416. The van der Waals surface area contributed by atoms with E-state index in [0.717, 1.165) is 13.0 Å². The second-order valence-corrected chi connectivity index (χ2v) is 7.03. The first-order valence-electron chi connectivity index (χ1n) is 8.24. The van der Waals surface area contributed by atoms with Crippen molar-refractivity contribution in [1.29, 1.82) is 5.26 Å². The van der Waals surface area contributed by atoms with Crippen molar-refractivity contribution >= 4 is 29.9 Å². The summed E-state index contributed by atoms with van der Waals surface area (Å²) in [6.07, 6.45) is 1.36. The van der Waals surface area contributed by atoms with E-state index in [1.807, 2.05) is 6.07 Å². The Bertz CT molecular complexity index is 701. The molecular weight excluding hydrogens is 434 g/mol. The zero-order valence-corrected chi connectivity index (χ0v) is 17.0. The number of ether oxygens (including phenoxy) is 1. The van der Waals surface area contributed by atoms with Gasteiger partial charge in [-0.3, -0.25) is 4.99 Å². The van der Waals surface area contributed by atoms with Crippen LogP contribution in [0, 0.1) is 28.5 Å². The maximum Gasteiger partial charge on any atom is 0.191 e. The second-order valence-electron chi connectivity index (χ2n) is 7.03. The van der Waals surface area contributed by atoms with Gasteiger partial charge < -0.3 is 15.4 Å². The molecular formula is C18H24FIN4O. The smallest absolute Gasteiger partial charge is 0.191 e. The van der Waals surface area contributed by atoms with Gasteiger partial charge in [-0.05, 0) is 24.6 Å². The summed E-state index contributed by atoms with van der Waals surface area (Å²) in [5, 5.41) is 15.5. The molecule has 1 aliphatic heterocycles. The highest BCUT2D eigenvalue weighted by atomic mass is 127. The van der Waals surface area contributed by atoms with Crippen LogP contribution in [0.4, 0.5) is 4.39 Å². The molecule has 3 unspecified atom stereocenters. The minimum Gasteiger partial charge on any atom is -0.377 e. The summed E-state index contributed by atoms with van der Waals surface area (Å²) < 4.78 is 19.7. The molecule has 2 aliphatic rings. The lowest BCUT2D eigenvalue weighted by Crippen LogP contribution is -2.67. The van der Waals surface area contributed by atoms with E-state index in [1.165, 1.54) is 12.1 Å². The van der Waals surface area contributed by atoms with Crippen molar-refractivity contribution in [2.75, 3.05) is 13.7 Å². The summed E-state index contributed by atoms with van der Waals surface area (Å²) >= 11 is 0. The van der Waals surface area contributed by atoms with E-state index in [-0.39, 0.29) is 47.8 Å². The van der Waals surface area contributed by atoms with Crippen LogP contribution in [-0.4, -0.2) is 31.8 Å². The molecule has 0 aromatic heterocycles. The lowest BCUT2D eigenvalue weighted by atomic mass is 9.57. The molecule has 136 valence electrons. The molecule has 2 fully saturated rings.